The van der Waals surface area contributed by atoms with Gasteiger partial charge < -0.3 is 14.9 Å². The van der Waals surface area contributed by atoms with Crippen molar-refractivity contribution in [2.45, 2.75) is 33.2 Å². The minimum atomic E-state index is -1.05. The van der Waals surface area contributed by atoms with Crippen molar-refractivity contribution in [3.8, 4) is 0 Å². The Morgan fingerprint density at radius 1 is 1.24 bits per heavy atom. The first-order valence-corrected chi connectivity index (χ1v) is 6.96. The zero-order valence-electron chi connectivity index (χ0n) is 12.8. The SMILES string of the molecule is CC(=O)C(=O)N1CC[C@H](C(=O)N(C)[C@H](C(=O)O)C(C)C)C1. The standard InChI is InChI=1S/C14H22N2O5/c1-8(2)11(14(20)21)15(4)13(19)10-5-6-16(7-10)12(18)9(3)17/h8,10-11H,5-7H2,1-4H3,(H,20,21)/t10-,11-/m0/s1. The van der Waals surface area contributed by atoms with Gasteiger partial charge in [0.2, 0.25) is 11.7 Å². The number of hydrogen-bond donors (Lipinski definition) is 1. The number of hydrogen-bond acceptors (Lipinski definition) is 4. The number of aliphatic carboxylic acids is 1. The molecule has 0 unspecified atom stereocenters. The minimum absolute atomic E-state index is 0.173. The molecule has 0 aromatic carbocycles. The Morgan fingerprint density at radius 3 is 2.24 bits per heavy atom. The molecule has 1 saturated heterocycles. The summed E-state index contributed by atoms with van der Waals surface area (Å²) in [6, 6.07) is -0.893. The van der Waals surface area contributed by atoms with Crippen LogP contribution < -0.4 is 0 Å². The number of carbonyl (C=O) groups excluding carboxylic acids is 3. The lowest BCUT2D eigenvalue weighted by Crippen LogP contribution is -2.48. The summed E-state index contributed by atoms with van der Waals surface area (Å²) in [5.41, 5.74) is 0. The summed E-state index contributed by atoms with van der Waals surface area (Å²) in [5, 5.41) is 9.22. The highest BCUT2D eigenvalue weighted by Crippen LogP contribution is 2.21. The first kappa shape index (κ1) is 17.1. The van der Waals surface area contributed by atoms with Gasteiger partial charge in [-0.2, -0.15) is 0 Å². The summed E-state index contributed by atoms with van der Waals surface area (Å²) in [5.74, 6) is -3.15. The Morgan fingerprint density at radius 2 is 1.81 bits per heavy atom. The van der Waals surface area contributed by atoms with E-state index in [-0.39, 0.29) is 18.4 Å². The number of amides is 2. The van der Waals surface area contributed by atoms with Gasteiger partial charge >= 0.3 is 5.97 Å². The van der Waals surface area contributed by atoms with Crippen LogP contribution in [0.3, 0.4) is 0 Å². The van der Waals surface area contributed by atoms with Gasteiger partial charge in [-0.15, -0.1) is 0 Å². The molecule has 0 spiro atoms. The molecule has 118 valence electrons. The molecule has 7 nitrogen and oxygen atoms in total. The topological polar surface area (TPSA) is 95.0 Å². The molecule has 1 rings (SSSR count). The highest BCUT2D eigenvalue weighted by Gasteiger charge is 2.37. The minimum Gasteiger partial charge on any atom is -0.480 e. The van der Waals surface area contributed by atoms with Gasteiger partial charge in [-0.05, 0) is 12.3 Å². The Balaban J connectivity index is 2.74. The molecule has 0 aliphatic carbocycles. The third kappa shape index (κ3) is 3.80. The summed E-state index contributed by atoms with van der Waals surface area (Å²) in [7, 11) is 1.47. The third-order valence-corrected chi connectivity index (χ3v) is 3.78. The van der Waals surface area contributed by atoms with Crippen molar-refractivity contribution in [1.82, 2.24) is 9.80 Å². The van der Waals surface area contributed by atoms with E-state index in [0.717, 1.165) is 0 Å². The van der Waals surface area contributed by atoms with Crippen molar-refractivity contribution in [2.75, 3.05) is 20.1 Å². The maximum atomic E-state index is 12.4. The largest absolute Gasteiger partial charge is 0.480 e. The number of likely N-dealkylation sites (tertiary alicyclic amines) is 1. The highest BCUT2D eigenvalue weighted by molar-refractivity contribution is 6.35. The van der Waals surface area contributed by atoms with E-state index >= 15 is 0 Å². The van der Waals surface area contributed by atoms with Crippen molar-refractivity contribution in [2.24, 2.45) is 11.8 Å². The molecule has 1 aliphatic rings. The van der Waals surface area contributed by atoms with Crippen molar-refractivity contribution < 1.29 is 24.3 Å². The maximum absolute atomic E-state index is 12.4. The summed E-state index contributed by atoms with van der Waals surface area (Å²) in [6.45, 7) is 5.20. The number of ketones is 1. The summed E-state index contributed by atoms with van der Waals surface area (Å²) in [6.07, 6.45) is 0.451. The molecular weight excluding hydrogens is 276 g/mol. The van der Waals surface area contributed by atoms with E-state index in [0.29, 0.717) is 13.0 Å². The first-order chi connectivity index (χ1) is 9.66. The summed E-state index contributed by atoms with van der Waals surface area (Å²) < 4.78 is 0. The van der Waals surface area contributed by atoms with Crippen molar-refractivity contribution in [3.63, 3.8) is 0 Å². The van der Waals surface area contributed by atoms with Crippen LogP contribution in [0.15, 0.2) is 0 Å². The number of nitrogens with zero attached hydrogens (tertiary/aromatic N) is 2. The van der Waals surface area contributed by atoms with Crippen molar-refractivity contribution in [3.05, 3.63) is 0 Å². The highest BCUT2D eigenvalue weighted by atomic mass is 16.4. The van der Waals surface area contributed by atoms with E-state index in [2.05, 4.69) is 0 Å². The number of Topliss-reactive ketones (excluding diaryl/α,β-unsaturated/α-hetero) is 1. The molecule has 1 heterocycles. The van der Waals surface area contributed by atoms with Gasteiger partial charge in [-0.1, -0.05) is 13.8 Å². The molecule has 7 heteroatoms. The number of carbonyl (C=O) groups is 4. The lowest BCUT2D eigenvalue weighted by Gasteiger charge is -2.29. The second kappa shape index (κ2) is 6.69. The molecule has 0 saturated carbocycles. The predicted octanol–water partition coefficient (Wildman–Crippen LogP) is -0.00850. The Kier molecular flexibility index (Phi) is 5.46. The number of carboxylic acids is 1. The van der Waals surface area contributed by atoms with E-state index < -0.39 is 29.6 Å². The summed E-state index contributed by atoms with van der Waals surface area (Å²) in [4.78, 5) is 48.9. The van der Waals surface area contributed by atoms with E-state index in [1.807, 2.05) is 0 Å². The molecule has 0 bridgehead atoms. The maximum Gasteiger partial charge on any atom is 0.326 e. The molecule has 2 atom stereocenters. The van der Waals surface area contributed by atoms with Gasteiger partial charge in [-0.3, -0.25) is 14.4 Å². The van der Waals surface area contributed by atoms with E-state index in [9.17, 15) is 24.3 Å². The van der Waals surface area contributed by atoms with Crippen LogP contribution >= 0.6 is 0 Å². The molecule has 1 N–H and O–H groups in total. The Labute approximate surface area is 123 Å². The third-order valence-electron chi connectivity index (χ3n) is 3.78. The Hall–Kier alpha value is -1.92. The molecular formula is C14H22N2O5. The second-order valence-corrected chi connectivity index (χ2v) is 5.77. The van der Waals surface area contributed by atoms with Crippen LogP contribution in [0.4, 0.5) is 0 Å². The van der Waals surface area contributed by atoms with E-state index in [1.165, 1.54) is 23.8 Å². The van der Waals surface area contributed by atoms with Gasteiger partial charge in [0.05, 0.1) is 5.92 Å². The second-order valence-electron chi connectivity index (χ2n) is 5.77. The molecule has 1 fully saturated rings. The Bertz CT molecular complexity index is 460. The molecule has 0 aromatic rings. The van der Waals surface area contributed by atoms with E-state index in [1.54, 1.807) is 13.8 Å². The van der Waals surface area contributed by atoms with Gasteiger partial charge in [-0.25, -0.2) is 4.79 Å². The fraction of sp³-hybridized carbons (Fsp3) is 0.714. The predicted molar refractivity (Wildman–Crippen MR) is 74.4 cm³/mol. The van der Waals surface area contributed by atoms with Crippen LogP contribution in [0.2, 0.25) is 0 Å². The number of likely N-dealkylation sites (N-methyl/N-ethyl adjacent to an activating group) is 1. The van der Waals surface area contributed by atoms with Gasteiger partial charge in [0.1, 0.15) is 6.04 Å². The molecule has 2 amide bonds. The van der Waals surface area contributed by atoms with Crippen LogP contribution in [0.25, 0.3) is 0 Å². The lowest BCUT2D eigenvalue weighted by atomic mass is 10.0. The van der Waals surface area contributed by atoms with E-state index in [4.69, 9.17) is 0 Å². The average Bonchev–Trinajstić information content (AvgIpc) is 2.85. The van der Waals surface area contributed by atoms with Crippen LogP contribution in [0, 0.1) is 11.8 Å². The normalized spacial score (nSPS) is 19.5. The van der Waals surface area contributed by atoms with Crippen molar-refractivity contribution in [1.29, 1.82) is 0 Å². The van der Waals surface area contributed by atoms with Crippen LogP contribution in [0.1, 0.15) is 27.2 Å². The van der Waals surface area contributed by atoms with Crippen LogP contribution in [0.5, 0.6) is 0 Å². The molecule has 21 heavy (non-hydrogen) atoms. The molecule has 0 aromatic heterocycles. The smallest absolute Gasteiger partial charge is 0.326 e. The van der Waals surface area contributed by atoms with Crippen molar-refractivity contribution >= 4 is 23.6 Å². The average molecular weight is 298 g/mol. The van der Waals surface area contributed by atoms with Gasteiger partial charge in [0.15, 0.2) is 0 Å². The number of rotatable bonds is 5. The lowest BCUT2D eigenvalue weighted by molar-refractivity contribution is -0.152. The first-order valence-electron chi connectivity index (χ1n) is 6.96. The zero-order chi connectivity index (χ0) is 16.3. The quantitative estimate of drug-likeness (QED) is 0.720. The van der Waals surface area contributed by atoms with Crippen LogP contribution in [-0.2, 0) is 19.2 Å². The summed E-state index contributed by atoms with van der Waals surface area (Å²) >= 11 is 0. The number of carboxylic acid groups (broad SMARTS) is 1. The monoisotopic (exact) mass is 298 g/mol. The van der Waals surface area contributed by atoms with Crippen LogP contribution in [-0.4, -0.2) is 64.7 Å². The fourth-order valence-corrected chi connectivity index (χ4v) is 2.69. The molecule has 0 radical (unpaired) electrons. The fourth-order valence-electron chi connectivity index (χ4n) is 2.69. The molecule has 1 aliphatic heterocycles. The van der Waals surface area contributed by atoms with Gasteiger partial charge in [0, 0.05) is 27.1 Å². The zero-order valence-corrected chi connectivity index (χ0v) is 12.8. The van der Waals surface area contributed by atoms with Gasteiger partial charge in [0.25, 0.3) is 5.91 Å².